The predicted molar refractivity (Wildman–Crippen MR) is 128 cm³/mol. The quantitative estimate of drug-likeness (QED) is 0.696. The van der Waals surface area contributed by atoms with E-state index in [2.05, 4.69) is 32.7 Å². The van der Waals surface area contributed by atoms with Gasteiger partial charge in [0.05, 0.1) is 17.9 Å². The molecule has 33 heavy (non-hydrogen) atoms. The van der Waals surface area contributed by atoms with Crippen LogP contribution in [0.25, 0.3) is 0 Å². The number of hydrogen-bond acceptors (Lipinski definition) is 5. The average Bonchev–Trinajstić information content (AvgIpc) is 2.79. The van der Waals surface area contributed by atoms with Crippen LogP contribution >= 0.6 is 0 Å². The number of halogens is 1. The number of anilines is 2. The lowest BCUT2D eigenvalue weighted by Gasteiger charge is -2.37. The number of morpholine rings is 1. The van der Waals surface area contributed by atoms with Gasteiger partial charge in [0.15, 0.2) is 0 Å². The Kier molecular flexibility index (Phi) is 7.77. The van der Waals surface area contributed by atoms with E-state index >= 15 is 0 Å². The lowest BCUT2D eigenvalue weighted by molar-refractivity contribution is -0.00539. The van der Waals surface area contributed by atoms with Crippen LogP contribution in [-0.4, -0.2) is 66.9 Å². The third kappa shape index (κ3) is 6.65. The summed E-state index contributed by atoms with van der Waals surface area (Å²) in [5, 5.41) is 5.82. The lowest BCUT2D eigenvalue weighted by Crippen LogP contribution is -2.46. The number of amides is 2. The molecule has 2 saturated heterocycles. The van der Waals surface area contributed by atoms with Gasteiger partial charge in [-0.1, -0.05) is 0 Å². The van der Waals surface area contributed by atoms with Crippen LogP contribution in [0.2, 0.25) is 0 Å². The second-order valence-corrected chi connectivity index (χ2v) is 9.15. The van der Waals surface area contributed by atoms with Crippen LogP contribution in [0, 0.1) is 5.82 Å². The standard InChI is InChI=1S/C25H34FN5O2/c1-18-16-31(17-19(2)33-18)24-4-3-22(15-23(24)26)29-25(32)28-21-8-13-30(14-9-21)12-7-20-5-10-27-11-6-20/h3-6,10-11,15,18-19,21H,7-9,12-14,16-17H2,1-2H3,(H2,28,29,32). The van der Waals surface area contributed by atoms with Crippen LogP contribution in [0.1, 0.15) is 32.3 Å². The number of hydrogen-bond donors (Lipinski definition) is 2. The van der Waals surface area contributed by atoms with Gasteiger partial charge >= 0.3 is 6.03 Å². The third-order valence-corrected chi connectivity index (χ3v) is 6.35. The van der Waals surface area contributed by atoms with E-state index < -0.39 is 0 Å². The number of carbonyl (C=O) groups is 1. The van der Waals surface area contributed by atoms with Gasteiger partial charge in [-0.2, -0.15) is 0 Å². The number of likely N-dealkylation sites (tertiary alicyclic amines) is 1. The van der Waals surface area contributed by atoms with Gasteiger partial charge in [-0.25, -0.2) is 9.18 Å². The largest absolute Gasteiger partial charge is 0.372 e. The molecule has 1 aromatic carbocycles. The van der Waals surface area contributed by atoms with Crippen LogP contribution in [-0.2, 0) is 11.2 Å². The number of urea groups is 1. The van der Waals surface area contributed by atoms with E-state index in [1.165, 1.54) is 11.6 Å². The number of ether oxygens (including phenoxy) is 1. The molecule has 0 spiro atoms. The maximum atomic E-state index is 14.8. The van der Waals surface area contributed by atoms with Crippen molar-refractivity contribution in [2.45, 2.75) is 51.4 Å². The molecule has 178 valence electrons. The summed E-state index contributed by atoms with van der Waals surface area (Å²) < 4.78 is 20.5. The van der Waals surface area contributed by atoms with Crippen molar-refractivity contribution in [1.29, 1.82) is 0 Å². The van der Waals surface area contributed by atoms with E-state index in [4.69, 9.17) is 4.74 Å². The minimum atomic E-state index is -0.336. The molecule has 0 bridgehead atoms. The van der Waals surface area contributed by atoms with Crippen molar-refractivity contribution >= 4 is 17.4 Å². The molecule has 0 aliphatic carbocycles. The van der Waals surface area contributed by atoms with Gasteiger partial charge in [0.1, 0.15) is 5.82 Å². The Balaban J connectivity index is 1.22. The first-order valence-corrected chi connectivity index (χ1v) is 11.8. The Bertz CT molecular complexity index is 910. The van der Waals surface area contributed by atoms with Gasteiger partial charge in [-0.05, 0) is 69.0 Å². The Morgan fingerprint density at radius 3 is 2.48 bits per heavy atom. The summed E-state index contributed by atoms with van der Waals surface area (Å²) in [4.78, 5) is 21.0. The summed E-state index contributed by atoms with van der Waals surface area (Å²) in [7, 11) is 0. The fraction of sp³-hybridized carbons (Fsp3) is 0.520. The Morgan fingerprint density at radius 2 is 1.82 bits per heavy atom. The molecule has 7 nitrogen and oxygen atoms in total. The third-order valence-electron chi connectivity index (χ3n) is 6.35. The molecule has 0 saturated carbocycles. The van der Waals surface area contributed by atoms with Crippen LogP contribution in [0.5, 0.6) is 0 Å². The molecule has 2 aliphatic heterocycles. The smallest absolute Gasteiger partial charge is 0.319 e. The highest BCUT2D eigenvalue weighted by Crippen LogP contribution is 2.26. The van der Waals surface area contributed by atoms with Crippen LogP contribution in [0.4, 0.5) is 20.6 Å². The number of pyridine rings is 1. The van der Waals surface area contributed by atoms with Crippen molar-refractivity contribution in [3.8, 4) is 0 Å². The zero-order valence-electron chi connectivity index (χ0n) is 19.5. The molecular weight excluding hydrogens is 421 g/mol. The molecule has 2 unspecified atom stereocenters. The number of piperidine rings is 1. The van der Waals surface area contributed by atoms with Crippen LogP contribution < -0.4 is 15.5 Å². The first kappa shape index (κ1) is 23.4. The van der Waals surface area contributed by atoms with E-state index in [-0.39, 0.29) is 30.1 Å². The highest BCUT2D eigenvalue weighted by Gasteiger charge is 2.25. The second-order valence-electron chi connectivity index (χ2n) is 9.15. The van der Waals surface area contributed by atoms with Gasteiger partial charge < -0.3 is 25.2 Å². The number of carbonyl (C=O) groups excluding carboxylic acids is 1. The summed E-state index contributed by atoms with van der Waals surface area (Å²) in [6.45, 7) is 8.20. The number of benzene rings is 1. The van der Waals surface area contributed by atoms with E-state index in [9.17, 15) is 9.18 Å². The molecule has 2 N–H and O–H groups in total. The van der Waals surface area contributed by atoms with Crippen molar-refractivity contribution in [3.63, 3.8) is 0 Å². The van der Waals surface area contributed by atoms with E-state index in [1.54, 1.807) is 12.1 Å². The highest BCUT2D eigenvalue weighted by atomic mass is 19.1. The predicted octanol–water partition coefficient (Wildman–Crippen LogP) is 3.66. The molecule has 2 aliphatic rings. The van der Waals surface area contributed by atoms with Crippen molar-refractivity contribution in [1.82, 2.24) is 15.2 Å². The number of nitrogens with zero attached hydrogens (tertiary/aromatic N) is 3. The molecule has 0 radical (unpaired) electrons. The zero-order valence-corrected chi connectivity index (χ0v) is 19.5. The molecule has 1 aromatic heterocycles. The molecule has 2 aromatic rings. The molecule has 2 amide bonds. The Labute approximate surface area is 195 Å². The fourth-order valence-corrected chi connectivity index (χ4v) is 4.71. The van der Waals surface area contributed by atoms with Crippen molar-refractivity contribution in [3.05, 3.63) is 54.1 Å². The zero-order chi connectivity index (χ0) is 23.2. The first-order valence-electron chi connectivity index (χ1n) is 11.8. The Morgan fingerprint density at radius 1 is 1.12 bits per heavy atom. The molecule has 3 heterocycles. The number of nitrogens with one attached hydrogen (secondary N) is 2. The topological polar surface area (TPSA) is 69.7 Å². The summed E-state index contributed by atoms with van der Waals surface area (Å²) in [6.07, 6.45) is 6.58. The minimum Gasteiger partial charge on any atom is -0.372 e. The molecule has 2 fully saturated rings. The minimum absolute atomic E-state index is 0.0544. The fourth-order valence-electron chi connectivity index (χ4n) is 4.71. The highest BCUT2D eigenvalue weighted by molar-refractivity contribution is 5.89. The molecule has 8 heteroatoms. The maximum Gasteiger partial charge on any atom is 0.319 e. The summed E-state index contributed by atoms with van der Waals surface area (Å²) in [5.74, 6) is -0.336. The summed E-state index contributed by atoms with van der Waals surface area (Å²) in [5.41, 5.74) is 2.29. The number of rotatable bonds is 6. The normalized spacial score (nSPS) is 22.2. The van der Waals surface area contributed by atoms with E-state index in [1.807, 2.05) is 31.1 Å². The van der Waals surface area contributed by atoms with Gasteiger partial charge in [-0.15, -0.1) is 0 Å². The second kappa shape index (κ2) is 10.9. The van der Waals surface area contributed by atoms with Gasteiger partial charge in [-0.3, -0.25) is 4.98 Å². The first-order chi connectivity index (χ1) is 16.0. The van der Waals surface area contributed by atoms with Crippen molar-refractivity contribution in [2.75, 3.05) is 42.9 Å². The van der Waals surface area contributed by atoms with Crippen molar-refractivity contribution < 1.29 is 13.9 Å². The average molecular weight is 456 g/mol. The van der Waals surface area contributed by atoms with Crippen LogP contribution in [0.3, 0.4) is 0 Å². The monoisotopic (exact) mass is 455 g/mol. The summed E-state index contributed by atoms with van der Waals surface area (Å²) >= 11 is 0. The molecule has 4 rings (SSSR count). The van der Waals surface area contributed by atoms with Gasteiger partial charge in [0.25, 0.3) is 0 Å². The SMILES string of the molecule is CC1CN(c2ccc(NC(=O)NC3CCN(CCc4ccncc4)CC3)cc2F)CC(C)O1. The van der Waals surface area contributed by atoms with E-state index in [0.717, 1.165) is 38.9 Å². The number of aromatic nitrogens is 1. The summed E-state index contributed by atoms with van der Waals surface area (Å²) in [6, 6.07) is 8.82. The van der Waals surface area contributed by atoms with Gasteiger partial charge in [0, 0.05) is 56.8 Å². The van der Waals surface area contributed by atoms with Gasteiger partial charge in [0.2, 0.25) is 0 Å². The molecule has 2 atom stereocenters. The lowest BCUT2D eigenvalue weighted by atomic mass is 10.0. The Hall–Kier alpha value is -2.71. The maximum absolute atomic E-state index is 14.8. The van der Waals surface area contributed by atoms with E-state index in [0.29, 0.717) is 24.5 Å². The molecular formula is C25H34FN5O2. The van der Waals surface area contributed by atoms with Crippen molar-refractivity contribution in [2.24, 2.45) is 0 Å². The van der Waals surface area contributed by atoms with Crippen LogP contribution in [0.15, 0.2) is 42.7 Å².